The number of fused-ring (bicyclic) bond motifs is 15. The molecule has 0 atom stereocenters. The molecule has 0 unspecified atom stereocenters. The molecular weight excluding hydrogens is 595 g/mol. The quantitative estimate of drug-likeness (QED) is 0.194. The van der Waals surface area contributed by atoms with E-state index in [0.717, 1.165) is 66.0 Å². The largest absolute Gasteiger partial charge is 0.283 e. The molecular formula is C41H23N5S. The first-order chi connectivity index (χ1) is 23.3. The van der Waals surface area contributed by atoms with E-state index >= 15 is 0 Å². The van der Waals surface area contributed by atoms with E-state index in [-0.39, 0.29) is 0 Å². The minimum atomic E-state index is 0.644. The summed E-state index contributed by atoms with van der Waals surface area (Å²) in [5.74, 6) is 0.644. The van der Waals surface area contributed by atoms with Gasteiger partial charge in [0.25, 0.3) is 0 Å². The van der Waals surface area contributed by atoms with Crippen LogP contribution in [0, 0.1) is 0 Å². The van der Waals surface area contributed by atoms with Gasteiger partial charge in [0.2, 0.25) is 5.95 Å². The fourth-order valence-corrected chi connectivity index (χ4v) is 8.76. The van der Waals surface area contributed by atoms with E-state index in [1.807, 2.05) is 23.5 Å². The van der Waals surface area contributed by atoms with Crippen molar-refractivity contribution in [3.63, 3.8) is 0 Å². The van der Waals surface area contributed by atoms with Gasteiger partial charge in [0.05, 0.1) is 38.7 Å². The molecule has 218 valence electrons. The summed E-state index contributed by atoms with van der Waals surface area (Å²) in [5.41, 5.74) is 8.04. The van der Waals surface area contributed by atoms with Gasteiger partial charge in [-0.3, -0.25) is 8.97 Å². The van der Waals surface area contributed by atoms with Crippen LogP contribution in [-0.4, -0.2) is 23.9 Å². The smallest absolute Gasteiger partial charge is 0.235 e. The fraction of sp³-hybridized carbons (Fsp3) is 0. The molecule has 11 aromatic rings. The van der Waals surface area contributed by atoms with Crippen LogP contribution in [0.1, 0.15) is 0 Å². The van der Waals surface area contributed by atoms with Gasteiger partial charge in [-0.1, -0.05) is 109 Å². The van der Waals surface area contributed by atoms with Crippen molar-refractivity contribution in [1.29, 1.82) is 0 Å². The van der Waals surface area contributed by atoms with Crippen molar-refractivity contribution < 1.29 is 0 Å². The SMILES string of the molecule is c1ccc(-c2nc(-n3c4ccccc4c4ccc5c(c43)c3nc4ccccc4n3c3sc4ccccc4c53)nc3ccccc23)cc1. The van der Waals surface area contributed by atoms with E-state index in [9.17, 15) is 0 Å². The summed E-state index contributed by atoms with van der Waals surface area (Å²) < 4.78 is 5.90. The first kappa shape index (κ1) is 25.1. The van der Waals surface area contributed by atoms with Crippen molar-refractivity contribution in [2.75, 3.05) is 0 Å². The second-order valence-corrected chi connectivity index (χ2v) is 13.1. The lowest BCUT2D eigenvalue weighted by Gasteiger charge is -2.13. The van der Waals surface area contributed by atoms with Crippen molar-refractivity contribution in [2.24, 2.45) is 0 Å². The Balaban J connectivity index is 1.41. The highest BCUT2D eigenvalue weighted by atomic mass is 32.1. The first-order valence-electron chi connectivity index (χ1n) is 15.7. The fourth-order valence-electron chi connectivity index (χ4n) is 7.53. The molecule has 0 aliphatic rings. The number of hydrogen-bond donors (Lipinski definition) is 0. The molecule has 0 saturated carbocycles. The van der Waals surface area contributed by atoms with Gasteiger partial charge in [-0.25, -0.2) is 15.0 Å². The molecule has 0 radical (unpaired) electrons. The zero-order valence-electron chi connectivity index (χ0n) is 24.9. The van der Waals surface area contributed by atoms with Crippen LogP contribution in [0.15, 0.2) is 140 Å². The average molecular weight is 618 g/mol. The van der Waals surface area contributed by atoms with Crippen LogP contribution in [-0.2, 0) is 0 Å². The van der Waals surface area contributed by atoms with Crippen LogP contribution in [0.4, 0.5) is 0 Å². The zero-order chi connectivity index (χ0) is 30.6. The first-order valence-corrected chi connectivity index (χ1v) is 16.5. The Morgan fingerprint density at radius 1 is 0.468 bits per heavy atom. The molecule has 5 aromatic heterocycles. The molecule has 0 aliphatic heterocycles. The number of thiophene rings is 1. The predicted molar refractivity (Wildman–Crippen MR) is 196 cm³/mol. The average Bonchev–Trinajstić information content (AvgIpc) is 3.81. The molecule has 11 rings (SSSR count). The molecule has 5 heterocycles. The molecule has 6 aromatic carbocycles. The van der Waals surface area contributed by atoms with E-state index < -0.39 is 0 Å². The van der Waals surface area contributed by atoms with Crippen LogP contribution < -0.4 is 0 Å². The van der Waals surface area contributed by atoms with E-state index in [0.29, 0.717) is 5.95 Å². The Labute approximate surface area is 271 Å². The second-order valence-electron chi connectivity index (χ2n) is 12.0. The molecule has 5 nitrogen and oxygen atoms in total. The van der Waals surface area contributed by atoms with E-state index in [1.54, 1.807) is 0 Å². The number of hydrogen-bond acceptors (Lipinski definition) is 4. The summed E-state index contributed by atoms with van der Waals surface area (Å²) in [6, 6.07) is 49.1. The minimum absolute atomic E-state index is 0.644. The summed E-state index contributed by atoms with van der Waals surface area (Å²) in [7, 11) is 0. The number of imidazole rings is 1. The van der Waals surface area contributed by atoms with Crippen molar-refractivity contribution in [1.82, 2.24) is 23.9 Å². The highest BCUT2D eigenvalue weighted by molar-refractivity contribution is 7.25. The molecule has 0 N–H and O–H groups in total. The van der Waals surface area contributed by atoms with Crippen molar-refractivity contribution in [2.45, 2.75) is 0 Å². The van der Waals surface area contributed by atoms with E-state index in [2.05, 4.69) is 136 Å². The lowest BCUT2D eigenvalue weighted by Crippen LogP contribution is -2.04. The van der Waals surface area contributed by atoms with Crippen LogP contribution in [0.5, 0.6) is 0 Å². The van der Waals surface area contributed by atoms with Gasteiger partial charge in [0.1, 0.15) is 10.5 Å². The molecule has 0 saturated heterocycles. The van der Waals surface area contributed by atoms with Crippen molar-refractivity contribution >= 4 is 91.8 Å². The third-order valence-electron chi connectivity index (χ3n) is 9.51. The van der Waals surface area contributed by atoms with Gasteiger partial charge in [-0.2, -0.15) is 0 Å². The lowest BCUT2D eigenvalue weighted by atomic mass is 10.0. The molecule has 0 bridgehead atoms. The zero-order valence-corrected chi connectivity index (χ0v) is 25.7. The maximum atomic E-state index is 5.37. The third-order valence-corrected chi connectivity index (χ3v) is 10.7. The summed E-state index contributed by atoms with van der Waals surface area (Å²) >= 11 is 1.83. The van der Waals surface area contributed by atoms with Crippen molar-refractivity contribution in [3.8, 4) is 17.2 Å². The van der Waals surface area contributed by atoms with Crippen LogP contribution >= 0.6 is 11.3 Å². The Hall–Kier alpha value is -6.11. The van der Waals surface area contributed by atoms with E-state index in [1.165, 1.54) is 25.7 Å². The van der Waals surface area contributed by atoms with Gasteiger partial charge < -0.3 is 0 Å². The highest BCUT2D eigenvalue weighted by Crippen LogP contribution is 2.45. The van der Waals surface area contributed by atoms with Gasteiger partial charge in [-0.05, 0) is 35.7 Å². The molecule has 0 aliphatic carbocycles. The molecule has 0 fully saturated rings. The standard InChI is InChI=1S/C41H23N5S/c1-2-12-24(13-3-1)37-27-15-4-7-17-30(27)43-41(44-37)45-32-19-9-5-14-25(32)26-22-23-29-35-28-16-6-11-21-34(28)47-40(35)46-33-20-10-8-18-31(33)42-39(46)36(29)38(26)45/h1-23H. The summed E-state index contributed by atoms with van der Waals surface area (Å²) in [4.78, 5) is 17.2. The minimum Gasteiger partial charge on any atom is -0.283 e. The van der Waals surface area contributed by atoms with Crippen LogP contribution in [0.3, 0.4) is 0 Å². The third kappa shape index (κ3) is 3.34. The van der Waals surface area contributed by atoms with Gasteiger partial charge in [-0.15, -0.1) is 11.3 Å². The summed E-state index contributed by atoms with van der Waals surface area (Å²) in [5, 5.41) is 8.13. The topological polar surface area (TPSA) is 48.0 Å². The van der Waals surface area contributed by atoms with E-state index in [4.69, 9.17) is 15.0 Å². The maximum absolute atomic E-state index is 5.37. The molecule has 0 spiro atoms. The predicted octanol–water partition coefficient (Wildman–Crippen LogP) is 10.7. The normalized spacial score (nSPS) is 12.3. The Morgan fingerprint density at radius 3 is 2.02 bits per heavy atom. The number of benzene rings is 6. The van der Waals surface area contributed by atoms with Gasteiger partial charge in [0.15, 0.2) is 0 Å². The molecule has 0 amide bonds. The summed E-state index contributed by atoms with van der Waals surface area (Å²) in [6.45, 7) is 0. The lowest BCUT2D eigenvalue weighted by molar-refractivity contribution is 1.02. The molecule has 47 heavy (non-hydrogen) atoms. The number of rotatable bonds is 2. The van der Waals surface area contributed by atoms with Crippen molar-refractivity contribution in [3.05, 3.63) is 140 Å². The number of nitrogens with zero attached hydrogens (tertiary/aromatic N) is 5. The van der Waals surface area contributed by atoms with Crippen LogP contribution in [0.2, 0.25) is 0 Å². The number of para-hydroxylation sites is 4. The summed E-state index contributed by atoms with van der Waals surface area (Å²) in [6.07, 6.45) is 0. The van der Waals surface area contributed by atoms with Crippen LogP contribution in [0.25, 0.3) is 97.7 Å². The maximum Gasteiger partial charge on any atom is 0.235 e. The van der Waals surface area contributed by atoms with Gasteiger partial charge >= 0.3 is 0 Å². The van der Waals surface area contributed by atoms with Gasteiger partial charge in [0, 0.05) is 37.2 Å². The Bertz CT molecular complexity index is 3080. The Morgan fingerprint density at radius 2 is 1.15 bits per heavy atom. The Kier molecular flexibility index (Phi) is 4.93. The number of pyridine rings is 1. The second kappa shape index (κ2) is 9.22. The monoisotopic (exact) mass is 617 g/mol. The highest BCUT2D eigenvalue weighted by Gasteiger charge is 2.24. The number of aromatic nitrogens is 5. The molecule has 6 heteroatoms.